The van der Waals surface area contributed by atoms with Crippen LogP contribution in [-0.4, -0.2) is 64.2 Å². The number of hydrogen-bond donors (Lipinski definition) is 2. The number of Topliss-reactive ketones (excluding diaryl/α,β-unsaturated/α-hetero) is 1. The van der Waals surface area contributed by atoms with Crippen molar-refractivity contribution in [2.75, 3.05) is 11.9 Å². The number of carbonyl (C=O) groups is 4. The zero-order chi connectivity index (χ0) is 40.4. The molecule has 0 aliphatic carbocycles. The molecule has 2 N–H and O–H groups in total. The van der Waals surface area contributed by atoms with Gasteiger partial charge in [0.15, 0.2) is 11.6 Å². The average molecular weight is 787 g/mol. The molecule has 2 amide bonds. The smallest absolute Gasteiger partial charge is 0.256 e. The molecule has 0 spiro atoms. The van der Waals surface area contributed by atoms with Gasteiger partial charge in [-0.25, -0.2) is 13.1 Å². The van der Waals surface area contributed by atoms with Crippen LogP contribution < -0.4 is 5.32 Å². The van der Waals surface area contributed by atoms with Gasteiger partial charge >= 0.3 is 0 Å². The Morgan fingerprint density at radius 1 is 0.860 bits per heavy atom. The number of aliphatic hydroxyl groups excluding tert-OH is 1. The number of anilines is 1. The van der Waals surface area contributed by atoms with Gasteiger partial charge in [-0.2, -0.15) is 5.10 Å². The first kappa shape index (κ1) is 39.5. The first-order chi connectivity index (χ1) is 27.5. The van der Waals surface area contributed by atoms with Crippen molar-refractivity contribution in [3.63, 3.8) is 0 Å². The van der Waals surface area contributed by atoms with Gasteiger partial charge in [-0.3, -0.25) is 19.2 Å². The summed E-state index contributed by atoms with van der Waals surface area (Å²) in [4.78, 5) is 56.8. The van der Waals surface area contributed by atoms with E-state index >= 15 is 0 Å². The van der Waals surface area contributed by atoms with Crippen molar-refractivity contribution < 1.29 is 32.7 Å². The highest BCUT2D eigenvalue weighted by Crippen LogP contribution is 2.35. The fourth-order valence-corrected chi connectivity index (χ4v) is 9.57. The number of fused-ring (bicyclic) bond motifs is 3. The highest BCUT2D eigenvalue weighted by molar-refractivity contribution is 7.91. The van der Waals surface area contributed by atoms with Crippen LogP contribution >= 0.6 is 0 Å². The third-order valence-electron chi connectivity index (χ3n) is 11.1. The van der Waals surface area contributed by atoms with Crippen LogP contribution in [0.5, 0.6) is 0 Å². The SMILES string of the molecule is CCCCC(CCCC)C(=O)c1cc(C)n(-c2ccc(NC(=O)c3ccc4c(c3)S(=O)(=O)c3ccccc3C4=O)cc2C(=O)N2Cc3ccccc3C[C@H]2CO)n1. The molecule has 1 aromatic heterocycles. The number of carbonyl (C=O) groups excluding carboxylic acids is 4. The number of nitrogens with zero attached hydrogens (tertiary/aromatic N) is 3. The van der Waals surface area contributed by atoms with Crippen molar-refractivity contribution in [2.45, 2.75) is 88.1 Å². The van der Waals surface area contributed by atoms with E-state index < -0.39 is 33.5 Å². The van der Waals surface area contributed by atoms with E-state index in [9.17, 15) is 32.7 Å². The minimum Gasteiger partial charge on any atom is -0.394 e. The Hall–Kier alpha value is -5.72. The van der Waals surface area contributed by atoms with Gasteiger partial charge in [-0.05, 0) is 91.9 Å². The Morgan fingerprint density at radius 3 is 2.26 bits per heavy atom. The van der Waals surface area contributed by atoms with Gasteiger partial charge in [0.2, 0.25) is 9.84 Å². The highest BCUT2D eigenvalue weighted by atomic mass is 32.2. The molecule has 57 heavy (non-hydrogen) atoms. The fraction of sp³-hybridized carbons (Fsp3) is 0.311. The number of amides is 2. The van der Waals surface area contributed by atoms with Crippen LogP contribution in [0.15, 0.2) is 101 Å². The van der Waals surface area contributed by atoms with E-state index in [1.165, 1.54) is 36.4 Å². The topological polar surface area (TPSA) is 156 Å². The number of unbranched alkanes of at least 4 members (excludes halogenated alkanes) is 2. The van der Waals surface area contributed by atoms with Gasteiger partial charge in [-0.15, -0.1) is 0 Å². The molecule has 0 unspecified atom stereocenters. The number of nitrogens with one attached hydrogen (secondary N) is 1. The van der Waals surface area contributed by atoms with Crippen molar-refractivity contribution in [1.29, 1.82) is 0 Å². The van der Waals surface area contributed by atoms with E-state index in [0.717, 1.165) is 49.7 Å². The molecule has 0 saturated carbocycles. The van der Waals surface area contributed by atoms with Crippen molar-refractivity contribution in [3.05, 3.63) is 136 Å². The van der Waals surface area contributed by atoms with Gasteiger partial charge in [0, 0.05) is 40.5 Å². The minimum absolute atomic E-state index is 0.00113. The average Bonchev–Trinajstić information content (AvgIpc) is 3.62. The van der Waals surface area contributed by atoms with E-state index in [1.807, 2.05) is 31.2 Å². The van der Waals surface area contributed by atoms with Crippen LogP contribution in [-0.2, 0) is 22.8 Å². The predicted molar refractivity (Wildman–Crippen MR) is 216 cm³/mol. The van der Waals surface area contributed by atoms with Crippen LogP contribution in [0.25, 0.3) is 5.69 Å². The summed E-state index contributed by atoms with van der Waals surface area (Å²) in [5.41, 5.74) is 3.85. The summed E-state index contributed by atoms with van der Waals surface area (Å²) in [6, 6.07) is 23.7. The second kappa shape index (κ2) is 16.4. The lowest BCUT2D eigenvalue weighted by Gasteiger charge is -2.36. The minimum atomic E-state index is -4.09. The standard InChI is InChI=1S/C45H46N4O7S/c1-4-6-12-29(13-7-5-2)42(51)38-22-28(3)49(47-38)39-21-19-33(25-37(39)45(54)48-26-32-15-9-8-14-30(32)23-34(48)27-50)46-44(53)31-18-20-36-41(24-31)57(55,56)40-17-11-10-16-35(40)43(36)52/h8-11,14-22,24-25,29,34,50H,4-7,12-13,23,26-27H2,1-3H3,(H,46,53)/t34-/m0/s1. The second-order valence-electron chi connectivity index (χ2n) is 14.9. The Balaban J connectivity index is 1.26. The number of ketones is 2. The maximum atomic E-state index is 14.7. The van der Waals surface area contributed by atoms with Gasteiger partial charge in [0.1, 0.15) is 5.69 Å². The van der Waals surface area contributed by atoms with Crippen molar-refractivity contribution in [2.24, 2.45) is 5.92 Å². The lowest BCUT2D eigenvalue weighted by atomic mass is 9.90. The van der Waals surface area contributed by atoms with E-state index in [-0.39, 0.29) is 62.6 Å². The van der Waals surface area contributed by atoms with Crippen molar-refractivity contribution in [1.82, 2.24) is 14.7 Å². The lowest BCUT2D eigenvalue weighted by molar-refractivity contribution is 0.0544. The van der Waals surface area contributed by atoms with Crippen LogP contribution in [0.1, 0.15) is 116 Å². The number of aromatic nitrogens is 2. The first-order valence-corrected chi connectivity index (χ1v) is 21.0. The molecule has 2 aliphatic heterocycles. The zero-order valence-corrected chi connectivity index (χ0v) is 33.1. The molecule has 0 bridgehead atoms. The quantitative estimate of drug-likeness (QED) is 0.114. The van der Waals surface area contributed by atoms with Gasteiger partial charge in [0.25, 0.3) is 11.8 Å². The summed E-state index contributed by atoms with van der Waals surface area (Å²) in [5, 5.41) is 18.1. The van der Waals surface area contributed by atoms with Crippen molar-refractivity contribution in [3.8, 4) is 5.69 Å². The predicted octanol–water partition coefficient (Wildman–Crippen LogP) is 7.55. The summed E-state index contributed by atoms with van der Waals surface area (Å²) in [5.74, 6) is -1.69. The number of aryl methyl sites for hydroxylation is 1. The molecule has 4 aromatic carbocycles. The summed E-state index contributed by atoms with van der Waals surface area (Å²) in [7, 11) is -4.09. The van der Waals surface area contributed by atoms with Gasteiger partial charge in [-0.1, -0.05) is 75.9 Å². The Bertz CT molecular complexity index is 2500. The maximum absolute atomic E-state index is 14.7. The third kappa shape index (κ3) is 7.59. The molecule has 3 heterocycles. The van der Waals surface area contributed by atoms with E-state index in [4.69, 9.17) is 5.10 Å². The molecule has 2 aliphatic rings. The molecule has 294 valence electrons. The number of aliphatic hydroxyl groups is 1. The van der Waals surface area contributed by atoms with Gasteiger partial charge in [0.05, 0.1) is 33.7 Å². The first-order valence-electron chi connectivity index (χ1n) is 19.5. The fourth-order valence-electron chi connectivity index (χ4n) is 7.90. The van der Waals surface area contributed by atoms with E-state index in [1.54, 1.807) is 39.9 Å². The number of hydrogen-bond acceptors (Lipinski definition) is 8. The zero-order valence-electron chi connectivity index (χ0n) is 32.3. The van der Waals surface area contributed by atoms with E-state index in [2.05, 4.69) is 19.2 Å². The largest absolute Gasteiger partial charge is 0.394 e. The van der Waals surface area contributed by atoms with Crippen LogP contribution in [0.3, 0.4) is 0 Å². The molecule has 0 saturated heterocycles. The van der Waals surface area contributed by atoms with Gasteiger partial charge < -0.3 is 15.3 Å². The Morgan fingerprint density at radius 2 is 1.54 bits per heavy atom. The molecule has 12 heteroatoms. The normalized spacial score (nSPS) is 15.5. The number of sulfone groups is 1. The van der Waals surface area contributed by atoms with Crippen LogP contribution in [0.4, 0.5) is 5.69 Å². The molecule has 0 fully saturated rings. The second-order valence-corrected chi connectivity index (χ2v) is 16.8. The molecule has 5 aromatic rings. The molecular weight excluding hydrogens is 741 g/mol. The summed E-state index contributed by atoms with van der Waals surface area (Å²) in [6.45, 7) is 6.01. The number of rotatable bonds is 13. The Labute approximate surface area is 332 Å². The Kier molecular flexibility index (Phi) is 11.4. The number of benzene rings is 4. The summed E-state index contributed by atoms with van der Waals surface area (Å²) < 4.78 is 28.7. The van der Waals surface area contributed by atoms with Crippen LogP contribution in [0.2, 0.25) is 0 Å². The molecule has 7 rings (SSSR count). The van der Waals surface area contributed by atoms with E-state index in [0.29, 0.717) is 23.5 Å². The van der Waals surface area contributed by atoms with Crippen molar-refractivity contribution >= 4 is 38.9 Å². The lowest BCUT2D eigenvalue weighted by Crippen LogP contribution is -2.46. The third-order valence-corrected chi connectivity index (χ3v) is 12.9. The molecule has 1 atom stereocenters. The molecule has 11 nitrogen and oxygen atoms in total. The monoisotopic (exact) mass is 786 g/mol. The van der Waals surface area contributed by atoms with Crippen LogP contribution in [0, 0.1) is 12.8 Å². The molecule has 0 radical (unpaired) electrons. The maximum Gasteiger partial charge on any atom is 0.256 e. The summed E-state index contributed by atoms with van der Waals surface area (Å²) >= 11 is 0. The molecular formula is C45H46N4O7S. The highest BCUT2D eigenvalue weighted by Gasteiger charge is 2.36. The summed E-state index contributed by atoms with van der Waals surface area (Å²) in [6.07, 6.45) is 5.83.